The predicted octanol–water partition coefficient (Wildman–Crippen LogP) is 3.78. The van der Waals surface area contributed by atoms with E-state index in [0.29, 0.717) is 31.4 Å². The van der Waals surface area contributed by atoms with E-state index in [-0.39, 0.29) is 29.7 Å². The Morgan fingerprint density at radius 2 is 1.66 bits per heavy atom. The third-order valence-electron chi connectivity index (χ3n) is 6.11. The largest absolute Gasteiger partial charge is 0.497 e. The van der Waals surface area contributed by atoms with E-state index in [1.54, 1.807) is 19.2 Å². The molecule has 0 spiro atoms. The van der Waals surface area contributed by atoms with Crippen LogP contribution in [-0.4, -0.2) is 51.1 Å². The first-order chi connectivity index (χ1) is 15.3. The van der Waals surface area contributed by atoms with Crippen LogP contribution in [0.4, 0.5) is 0 Å². The van der Waals surface area contributed by atoms with E-state index in [1.165, 1.54) is 23.5 Å². The van der Waals surface area contributed by atoms with Crippen molar-refractivity contribution in [1.29, 1.82) is 0 Å². The van der Waals surface area contributed by atoms with Crippen LogP contribution in [-0.2, 0) is 30.9 Å². The van der Waals surface area contributed by atoms with Crippen LogP contribution in [0.5, 0.6) is 5.75 Å². The summed E-state index contributed by atoms with van der Waals surface area (Å²) in [6.45, 7) is 1.79. The van der Waals surface area contributed by atoms with Crippen molar-refractivity contribution in [2.24, 2.45) is 0 Å². The van der Waals surface area contributed by atoms with Gasteiger partial charge in [-0.3, -0.25) is 4.79 Å². The Bertz CT molecular complexity index is 983. The minimum Gasteiger partial charge on any atom is -0.497 e. The first-order valence-electron chi connectivity index (χ1n) is 10.7. The molecule has 0 aliphatic heterocycles. The molecule has 0 N–H and O–H groups in total. The minimum atomic E-state index is -3.91. The molecule has 174 valence electrons. The number of carbonyl (C=O) groups excluding carboxylic acids is 1. The van der Waals surface area contributed by atoms with E-state index >= 15 is 0 Å². The molecule has 32 heavy (non-hydrogen) atoms. The van der Waals surface area contributed by atoms with Crippen molar-refractivity contribution in [1.82, 2.24) is 4.31 Å². The summed E-state index contributed by atoms with van der Waals surface area (Å²) in [5.74, 6) is -0.0164. The maximum absolute atomic E-state index is 13.5. The monoisotopic (exact) mass is 461 g/mol. The summed E-state index contributed by atoms with van der Waals surface area (Å²) in [6, 6.07) is 15.2. The Hall–Kier alpha value is -2.42. The van der Waals surface area contributed by atoms with Crippen LogP contribution in [0, 0.1) is 0 Å². The molecule has 0 atom stereocenters. The van der Waals surface area contributed by atoms with E-state index in [9.17, 15) is 13.2 Å². The number of esters is 1. The third-order valence-corrected chi connectivity index (χ3v) is 8.02. The van der Waals surface area contributed by atoms with Gasteiger partial charge in [-0.15, -0.1) is 0 Å². The second-order valence-electron chi connectivity index (χ2n) is 8.26. The number of benzene rings is 2. The quantitative estimate of drug-likeness (QED) is 0.529. The molecule has 1 fully saturated rings. The van der Waals surface area contributed by atoms with Gasteiger partial charge < -0.3 is 14.2 Å². The third kappa shape index (κ3) is 5.88. The molecule has 1 aliphatic carbocycles. The molecule has 7 nitrogen and oxygen atoms in total. The molecule has 0 radical (unpaired) electrons. The second-order valence-corrected chi connectivity index (χ2v) is 10.1. The highest BCUT2D eigenvalue weighted by molar-refractivity contribution is 7.89. The molecule has 0 unspecified atom stereocenters. The van der Waals surface area contributed by atoms with E-state index < -0.39 is 16.0 Å². The Labute approximate surface area is 190 Å². The second kappa shape index (κ2) is 10.5. The smallest absolute Gasteiger partial charge is 0.321 e. The van der Waals surface area contributed by atoms with Crippen LogP contribution in [0.1, 0.15) is 38.2 Å². The maximum atomic E-state index is 13.5. The van der Waals surface area contributed by atoms with E-state index in [4.69, 9.17) is 14.2 Å². The lowest BCUT2D eigenvalue weighted by molar-refractivity contribution is -0.145. The number of sulfonamides is 1. The van der Waals surface area contributed by atoms with Crippen LogP contribution < -0.4 is 4.74 Å². The standard InChI is InChI=1S/C24H31NO6S/c1-24(30-3)15-13-20(14-16-24)25(17-23(26)31-18-19-7-5-4-6-8-19)32(27,28)22-11-9-21(29-2)10-12-22/h4-12,20H,13-18H2,1-3H3. The predicted molar refractivity (Wildman–Crippen MR) is 121 cm³/mol. The van der Waals surface area contributed by atoms with Gasteiger partial charge in [-0.25, -0.2) is 8.42 Å². The van der Waals surface area contributed by atoms with Gasteiger partial charge in [0.25, 0.3) is 0 Å². The molecule has 1 aliphatic rings. The summed E-state index contributed by atoms with van der Waals surface area (Å²) >= 11 is 0. The fraction of sp³-hybridized carbons (Fsp3) is 0.458. The van der Waals surface area contributed by atoms with Gasteiger partial charge in [0, 0.05) is 13.2 Å². The van der Waals surface area contributed by atoms with Crippen LogP contribution in [0.3, 0.4) is 0 Å². The Morgan fingerprint density at radius 3 is 2.22 bits per heavy atom. The minimum absolute atomic E-state index is 0.0997. The van der Waals surface area contributed by atoms with Crippen molar-refractivity contribution >= 4 is 16.0 Å². The summed E-state index contributed by atoms with van der Waals surface area (Å²) in [6.07, 6.45) is 2.63. The SMILES string of the molecule is COc1ccc(S(=O)(=O)N(CC(=O)OCc2ccccc2)C2CCC(C)(OC)CC2)cc1. The van der Waals surface area contributed by atoms with Crippen LogP contribution in [0.15, 0.2) is 59.5 Å². The first kappa shape index (κ1) is 24.2. The molecule has 3 rings (SSSR count). The van der Waals surface area contributed by atoms with Crippen LogP contribution in [0.2, 0.25) is 0 Å². The number of methoxy groups -OCH3 is 2. The number of hydrogen-bond acceptors (Lipinski definition) is 6. The average Bonchev–Trinajstić information content (AvgIpc) is 2.82. The summed E-state index contributed by atoms with van der Waals surface area (Å²) in [7, 11) is -0.717. The van der Waals surface area contributed by atoms with Gasteiger partial charge in [-0.1, -0.05) is 30.3 Å². The van der Waals surface area contributed by atoms with Crippen molar-refractivity contribution < 1.29 is 27.4 Å². The van der Waals surface area contributed by atoms with Gasteiger partial charge in [-0.2, -0.15) is 4.31 Å². The van der Waals surface area contributed by atoms with Gasteiger partial charge in [-0.05, 0) is 62.4 Å². The number of hydrogen-bond donors (Lipinski definition) is 0. The summed E-state index contributed by atoms with van der Waals surface area (Å²) in [5, 5.41) is 0. The average molecular weight is 462 g/mol. The van der Waals surface area contributed by atoms with Gasteiger partial charge in [0.15, 0.2) is 0 Å². The fourth-order valence-electron chi connectivity index (χ4n) is 3.91. The summed E-state index contributed by atoms with van der Waals surface area (Å²) in [4.78, 5) is 12.8. The zero-order chi connectivity index (χ0) is 23.2. The van der Waals surface area contributed by atoms with Crippen molar-refractivity contribution in [3.05, 3.63) is 60.2 Å². The lowest BCUT2D eigenvalue weighted by atomic mass is 9.83. The lowest BCUT2D eigenvalue weighted by Gasteiger charge is -2.40. The molecule has 8 heteroatoms. The molecule has 0 heterocycles. The van der Waals surface area contributed by atoms with Crippen LogP contribution >= 0.6 is 0 Å². The van der Waals surface area contributed by atoms with Crippen molar-refractivity contribution in [3.8, 4) is 5.75 Å². The number of nitrogens with zero attached hydrogens (tertiary/aromatic N) is 1. The molecule has 2 aromatic rings. The van der Waals surface area contributed by atoms with Crippen molar-refractivity contribution in [3.63, 3.8) is 0 Å². The Morgan fingerprint density at radius 1 is 1.03 bits per heavy atom. The molecule has 0 bridgehead atoms. The molecule has 0 aromatic heterocycles. The zero-order valence-corrected chi connectivity index (χ0v) is 19.6. The van der Waals surface area contributed by atoms with Gasteiger partial charge in [0.1, 0.15) is 18.9 Å². The first-order valence-corrected chi connectivity index (χ1v) is 12.1. The van der Waals surface area contributed by atoms with Crippen LogP contribution in [0.25, 0.3) is 0 Å². The van der Waals surface area contributed by atoms with Gasteiger partial charge in [0.05, 0.1) is 17.6 Å². The number of rotatable bonds is 9. The number of carbonyl (C=O) groups is 1. The topological polar surface area (TPSA) is 82.1 Å². The van der Waals surface area contributed by atoms with Gasteiger partial charge in [0.2, 0.25) is 10.0 Å². The van der Waals surface area contributed by atoms with E-state index in [1.807, 2.05) is 37.3 Å². The summed E-state index contributed by atoms with van der Waals surface area (Å²) < 4.78 is 44.4. The van der Waals surface area contributed by atoms with E-state index in [2.05, 4.69) is 0 Å². The zero-order valence-electron chi connectivity index (χ0n) is 18.8. The van der Waals surface area contributed by atoms with Gasteiger partial charge >= 0.3 is 5.97 Å². The lowest BCUT2D eigenvalue weighted by Crippen LogP contribution is -2.48. The maximum Gasteiger partial charge on any atom is 0.321 e. The molecule has 2 aromatic carbocycles. The highest BCUT2D eigenvalue weighted by atomic mass is 32.2. The van der Waals surface area contributed by atoms with E-state index in [0.717, 1.165) is 5.56 Å². The highest BCUT2D eigenvalue weighted by Crippen LogP contribution is 2.35. The normalized spacial score (nSPS) is 21.3. The highest BCUT2D eigenvalue weighted by Gasteiger charge is 2.39. The Balaban J connectivity index is 1.79. The molecule has 1 saturated carbocycles. The summed E-state index contributed by atoms with van der Waals surface area (Å²) in [5.41, 5.74) is 0.568. The molecular formula is C24H31NO6S. The molecule has 0 amide bonds. The molecule has 0 saturated heterocycles. The molecular weight excluding hydrogens is 430 g/mol. The fourth-order valence-corrected chi connectivity index (χ4v) is 5.54. The number of ether oxygens (including phenoxy) is 3. The van der Waals surface area contributed by atoms with Crippen molar-refractivity contribution in [2.75, 3.05) is 20.8 Å². The Kier molecular flexibility index (Phi) is 7.92. The van der Waals surface area contributed by atoms with Crippen molar-refractivity contribution in [2.45, 2.75) is 55.8 Å².